The van der Waals surface area contributed by atoms with E-state index in [4.69, 9.17) is 4.74 Å². The van der Waals surface area contributed by atoms with Gasteiger partial charge < -0.3 is 9.84 Å². The molecule has 2 nitrogen and oxygen atoms in total. The Bertz CT molecular complexity index is 518. The van der Waals surface area contributed by atoms with Crippen LogP contribution in [0.15, 0.2) is 48.5 Å². The molecule has 0 heterocycles. The van der Waals surface area contributed by atoms with Crippen molar-refractivity contribution in [3.05, 3.63) is 65.2 Å². The molecule has 2 rings (SSSR count). The quantitative estimate of drug-likeness (QED) is 0.879. The second kappa shape index (κ2) is 6.39. The van der Waals surface area contributed by atoms with Gasteiger partial charge in [-0.15, -0.1) is 0 Å². The van der Waals surface area contributed by atoms with Gasteiger partial charge in [-0.3, -0.25) is 0 Å². The number of rotatable bonds is 5. The van der Waals surface area contributed by atoms with Gasteiger partial charge in [-0.25, -0.2) is 0 Å². The lowest BCUT2D eigenvalue weighted by molar-refractivity contribution is 0.280. The maximum Gasteiger partial charge on any atom is 0.123 e. The van der Waals surface area contributed by atoms with Gasteiger partial charge >= 0.3 is 0 Å². The molecule has 0 aliphatic rings. The van der Waals surface area contributed by atoms with Gasteiger partial charge in [-0.1, -0.05) is 50.2 Å². The maximum atomic E-state index is 9.20. The molecule has 2 heteroatoms. The molecule has 2 aromatic rings. The predicted octanol–water partition coefficient (Wildman–Crippen LogP) is 3.88. The Kier molecular flexibility index (Phi) is 4.58. The van der Waals surface area contributed by atoms with Crippen molar-refractivity contribution in [2.45, 2.75) is 33.0 Å². The summed E-state index contributed by atoms with van der Waals surface area (Å²) in [6.45, 7) is 4.90. The molecule has 100 valence electrons. The SMILES string of the molecule is CC(C)c1cc(CO)ccc1OCc1ccccc1. The van der Waals surface area contributed by atoms with Crippen LogP contribution < -0.4 is 4.74 Å². The van der Waals surface area contributed by atoms with E-state index < -0.39 is 0 Å². The van der Waals surface area contributed by atoms with E-state index in [9.17, 15) is 5.11 Å². The lowest BCUT2D eigenvalue weighted by Crippen LogP contribution is -2.01. The lowest BCUT2D eigenvalue weighted by Gasteiger charge is -2.15. The summed E-state index contributed by atoms with van der Waals surface area (Å²) in [5, 5.41) is 9.20. The van der Waals surface area contributed by atoms with Gasteiger partial charge in [0.2, 0.25) is 0 Å². The van der Waals surface area contributed by atoms with Gasteiger partial charge in [0.1, 0.15) is 12.4 Å². The van der Waals surface area contributed by atoms with Crippen molar-refractivity contribution in [2.75, 3.05) is 0 Å². The van der Waals surface area contributed by atoms with Crippen LogP contribution in [0.3, 0.4) is 0 Å². The Hall–Kier alpha value is -1.80. The van der Waals surface area contributed by atoms with Crippen LogP contribution in [-0.4, -0.2) is 5.11 Å². The van der Waals surface area contributed by atoms with Crippen LogP contribution in [0.1, 0.15) is 36.5 Å². The highest BCUT2D eigenvalue weighted by Crippen LogP contribution is 2.28. The molecular weight excluding hydrogens is 236 g/mol. The Labute approximate surface area is 114 Å². The minimum Gasteiger partial charge on any atom is -0.489 e. The fourth-order valence-corrected chi connectivity index (χ4v) is 2.01. The molecule has 2 aromatic carbocycles. The van der Waals surface area contributed by atoms with E-state index >= 15 is 0 Å². The average molecular weight is 256 g/mol. The highest BCUT2D eigenvalue weighted by Gasteiger charge is 2.09. The summed E-state index contributed by atoms with van der Waals surface area (Å²) >= 11 is 0. The normalized spacial score (nSPS) is 10.7. The minimum absolute atomic E-state index is 0.0681. The van der Waals surface area contributed by atoms with Crippen molar-refractivity contribution in [3.8, 4) is 5.75 Å². The van der Waals surface area contributed by atoms with Gasteiger partial charge in [0, 0.05) is 0 Å². The molecule has 1 N–H and O–H groups in total. The number of benzene rings is 2. The number of aliphatic hydroxyl groups is 1. The molecule has 0 bridgehead atoms. The monoisotopic (exact) mass is 256 g/mol. The van der Waals surface area contributed by atoms with Crippen molar-refractivity contribution < 1.29 is 9.84 Å². The Morgan fingerprint density at radius 1 is 1.00 bits per heavy atom. The van der Waals surface area contributed by atoms with Crippen molar-refractivity contribution in [3.63, 3.8) is 0 Å². The summed E-state index contributed by atoms with van der Waals surface area (Å²) in [5.74, 6) is 1.27. The van der Waals surface area contributed by atoms with E-state index in [0.717, 1.165) is 22.4 Å². The Morgan fingerprint density at radius 2 is 1.74 bits per heavy atom. The smallest absolute Gasteiger partial charge is 0.123 e. The van der Waals surface area contributed by atoms with Gasteiger partial charge in [0.15, 0.2) is 0 Å². The van der Waals surface area contributed by atoms with Gasteiger partial charge in [-0.05, 0) is 34.7 Å². The lowest BCUT2D eigenvalue weighted by atomic mass is 10.00. The molecule has 0 amide bonds. The third-order valence-electron chi connectivity index (χ3n) is 3.12. The van der Waals surface area contributed by atoms with Gasteiger partial charge in [0.05, 0.1) is 6.61 Å². The zero-order valence-electron chi connectivity index (χ0n) is 11.5. The fraction of sp³-hybridized carbons (Fsp3) is 0.294. The maximum absolute atomic E-state index is 9.20. The van der Waals surface area contributed by atoms with Crippen molar-refractivity contribution in [2.24, 2.45) is 0 Å². The van der Waals surface area contributed by atoms with Crippen LogP contribution in [0, 0.1) is 0 Å². The molecule has 0 saturated heterocycles. The molecule has 0 radical (unpaired) electrons. The highest BCUT2D eigenvalue weighted by atomic mass is 16.5. The number of hydrogen-bond donors (Lipinski definition) is 1. The van der Waals surface area contributed by atoms with Crippen LogP contribution in [0.2, 0.25) is 0 Å². The summed E-state index contributed by atoms with van der Waals surface area (Å²) in [6.07, 6.45) is 0. The third-order valence-corrected chi connectivity index (χ3v) is 3.12. The molecule has 0 spiro atoms. The number of ether oxygens (including phenoxy) is 1. The van der Waals surface area contributed by atoms with Crippen molar-refractivity contribution in [1.82, 2.24) is 0 Å². The van der Waals surface area contributed by atoms with E-state index in [1.165, 1.54) is 0 Å². The van der Waals surface area contributed by atoms with Crippen LogP contribution in [0.25, 0.3) is 0 Å². The first-order valence-corrected chi connectivity index (χ1v) is 6.61. The van der Waals surface area contributed by atoms with Gasteiger partial charge in [-0.2, -0.15) is 0 Å². The molecule has 0 fully saturated rings. The highest BCUT2D eigenvalue weighted by molar-refractivity contribution is 5.39. The van der Waals surface area contributed by atoms with E-state index in [2.05, 4.69) is 26.0 Å². The summed E-state index contributed by atoms with van der Waals surface area (Å²) in [4.78, 5) is 0. The second-order valence-electron chi connectivity index (χ2n) is 4.96. The van der Waals surface area contributed by atoms with Crippen LogP contribution >= 0.6 is 0 Å². The summed E-state index contributed by atoms with van der Waals surface area (Å²) in [7, 11) is 0. The van der Waals surface area contributed by atoms with E-state index in [-0.39, 0.29) is 6.61 Å². The topological polar surface area (TPSA) is 29.5 Å². The summed E-state index contributed by atoms with van der Waals surface area (Å²) in [5.41, 5.74) is 3.22. The van der Waals surface area contributed by atoms with Crippen LogP contribution in [0.4, 0.5) is 0 Å². The van der Waals surface area contributed by atoms with Crippen molar-refractivity contribution in [1.29, 1.82) is 0 Å². The molecule has 0 unspecified atom stereocenters. The van der Waals surface area contributed by atoms with E-state index in [1.54, 1.807) is 0 Å². The molecule has 0 aliphatic carbocycles. The minimum atomic E-state index is 0.0681. The number of hydrogen-bond acceptors (Lipinski definition) is 2. The first-order chi connectivity index (χ1) is 9.20. The van der Waals surface area contributed by atoms with Crippen LogP contribution in [0.5, 0.6) is 5.75 Å². The Balaban J connectivity index is 2.15. The summed E-state index contributed by atoms with van der Waals surface area (Å²) in [6, 6.07) is 16.0. The molecule has 0 atom stereocenters. The molecule has 0 aliphatic heterocycles. The largest absolute Gasteiger partial charge is 0.489 e. The van der Waals surface area contributed by atoms with Crippen LogP contribution in [-0.2, 0) is 13.2 Å². The summed E-state index contributed by atoms with van der Waals surface area (Å²) < 4.78 is 5.90. The molecular formula is C17H20O2. The average Bonchev–Trinajstić information content (AvgIpc) is 2.46. The van der Waals surface area contributed by atoms with E-state index in [1.807, 2.05) is 36.4 Å². The van der Waals surface area contributed by atoms with Gasteiger partial charge in [0.25, 0.3) is 0 Å². The second-order valence-corrected chi connectivity index (χ2v) is 4.96. The fourth-order valence-electron chi connectivity index (χ4n) is 2.01. The first kappa shape index (κ1) is 13.6. The zero-order valence-corrected chi connectivity index (χ0v) is 11.5. The molecule has 0 saturated carbocycles. The zero-order chi connectivity index (χ0) is 13.7. The molecule has 0 aromatic heterocycles. The molecule has 19 heavy (non-hydrogen) atoms. The Morgan fingerprint density at radius 3 is 2.37 bits per heavy atom. The first-order valence-electron chi connectivity index (χ1n) is 6.61. The third kappa shape index (κ3) is 3.58. The van der Waals surface area contributed by atoms with Crippen molar-refractivity contribution >= 4 is 0 Å². The number of aliphatic hydroxyl groups excluding tert-OH is 1. The predicted molar refractivity (Wildman–Crippen MR) is 77.2 cm³/mol. The van der Waals surface area contributed by atoms with E-state index in [0.29, 0.717) is 12.5 Å². The standard InChI is InChI=1S/C17H20O2/c1-13(2)16-10-15(11-18)8-9-17(16)19-12-14-6-4-3-5-7-14/h3-10,13,18H,11-12H2,1-2H3.